The van der Waals surface area contributed by atoms with E-state index in [2.05, 4.69) is 19.8 Å². The summed E-state index contributed by atoms with van der Waals surface area (Å²) in [5.74, 6) is 0.0411. The topological polar surface area (TPSA) is 63.6 Å². The highest BCUT2D eigenvalue weighted by Crippen LogP contribution is 2.42. The fourth-order valence-electron chi connectivity index (χ4n) is 7.62. The molecule has 0 radical (unpaired) electrons. The zero-order valence-corrected chi connectivity index (χ0v) is 24.0. The first-order valence-electron chi connectivity index (χ1n) is 14.9. The van der Waals surface area contributed by atoms with E-state index >= 15 is 4.39 Å². The van der Waals surface area contributed by atoms with Gasteiger partial charge in [-0.2, -0.15) is 9.97 Å². The second-order valence-corrected chi connectivity index (χ2v) is 12.8. The van der Waals surface area contributed by atoms with Gasteiger partial charge in [0.05, 0.1) is 23.1 Å². The van der Waals surface area contributed by atoms with E-state index in [1.54, 1.807) is 12.3 Å². The number of ether oxygens (including phenoxy) is 2. The Labute approximate surface area is 247 Å². The second kappa shape index (κ2) is 9.96. The summed E-state index contributed by atoms with van der Waals surface area (Å²) < 4.78 is 43.3. The molecule has 42 heavy (non-hydrogen) atoms. The monoisotopic (exact) mass is 591 g/mol. The molecule has 4 saturated heterocycles. The first-order valence-corrected chi connectivity index (χ1v) is 15.3. The maximum Gasteiger partial charge on any atom is 0.319 e. The van der Waals surface area contributed by atoms with E-state index in [1.165, 1.54) is 0 Å². The Morgan fingerprint density at radius 1 is 1.07 bits per heavy atom. The Kier molecular flexibility index (Phi) is 6.28. The average molecular weight is 592 g/mol. The number of hydrogen-bond donors (Lipinski definition) is 0. The van der Waals surface area contributed by atoms with Crippen LogP contribution in [0.3, 0.4) is 0 Å². The summed E-state index contributed by atoms with van der Waals surface area (Å²) in [6.07, 6.45) is 6.04. The Morgan fingerprint density at radius 2 is 1.93 bits per heavy atom. The van der Waals surface area contributed by atoms with E-state index in [1.807, 2.05) is 30.3 Å². The third-order valence-electron chi connectivity index (χ3n) is 9.76. The summed E-state index contributed by atoms with van der Waals surface area (Å²) in [5.41, 5.74) is 0.361. The predicted molar refractivity (Wildman–Crippen MR) is 159 cm³/mol. The minimum Gasteiger partial charge on any atom is -0.461 e. The molecule has 0 bridgehead atoms. The lowest BCUT2D eigenvalue weighted by atomic mass is 9.86. The van der Waals surface area contributed by atoms with Crippen molar-refractivity contribution in [2.24, 2.45) is 0 Å². The van der Waals surface area contributed by atoms with Crippen LogP contribution in [0.15, 0.2) is 42.6 Å². The van der Waals surface area contributed by atoms with Gasteiger partial charge in [-0.25, -0.2) is 8.78 Å². The van der Waals surface area contributed by atoms with Crippen LogP contribution >= 0.6 is 11.6 Å². The molecule has 1 unspecified atom stereocenters. The zero-order valence-electron chi connectivity index (χ0n) is 23.3. The molecular formula is C32H32ClF2N5O2. The second-order valence-electron chi connectivity index (χ2n) is 12.4. The van der Waals surface area contributed by atoms with Crippen molar-refractivity contribution >= 4 is 39.1 Å². The van der Waals surface area contributed by atoms with Gasteiger partial charge in [0, 0.05) is 49.3 Å². The number of alkyl halides is 1. The molecule has 6 heterocycles. The van der Waals surface area contributed by atoms with E-state index < -0.39 is 12.0 Å². The maximum absolute atomic E-state index is 16.6. The van der Waals surface area contributed by atoms with Crippen molar-refractivity contribution in [3.8, 4) is 17.3 Å². The number of nitrogens with zero attached hydrogens (tertiary/aromatic N) is 5. The smallest absolute Gasteiger partial charge is 0.319 e. The van der Waals surface area contributed by atoms with Crippen LogP contribution in [0.2, 0.25) is 5.02 Å². The zero-order chi connectivity index (χ0) is 28.5. The number of halogens is 3. The molecule has 2 aromatic carbocycles. The molecule has 0 saturated carbocycles. The number of aromatic nitrogens is 3. The van der Waals surface area contributed by atoms with Crippen molar-refractivity contribution in [2.45, 2.75) is 55.8 Å². The van der Waals surface area contributed by atoms with E-state index in [9.17, 15) is 4.39 Å². The Hall–Kier alpha value is -3.14. The molecule has 3 atom stereocenters. The van der Waals surface area contributed by atoms with Gasteiger partial charge in [0.15, 0.2) is 5.82 Å². The first-order chi connectivity index (χ1) is 20.4. The van der Waals surface area contributed by atoms with E-state index in [4.69, 9.17) is 26.1 Å². The van der Waals surface area contributed by atoms with Gasteiger partial charge in [-0.05, 0) is 55.1 Å². The van der Waals surface area contributed by atoms with E-state index in [0.29, 0.717) is 41.3 Å². The van der Waals surface area contributed by atoms with Crippen LogP contribution in [0.4, 0.5) is 14.6 Å². The van der Waals surface area contributed by atoms with Gasteiger partial charge in [-0.15, -0.1) is 0 Å². The number of benzene rings is 2. The standard InChI is InChI=1S/C32H32ClF2N5O2/c33-21-13-20-5-1-2-6-23(20)24(14-21)27-26(35)28-25(16-36-27)29(39-10-4-8-32(18-39)9-12-42-32)38-30(37-28)41-19-31-7-3-11-40(31)17-22(34)15-31/h1-2,5-6,13-14,16,22H,3-4,7-12,15,17-19H2/t22-,31+,32?/m1/s1. The summed E-state index contributed by atoms with van der Waals surface area (Å²) in [6.45, 7) is 3.75. The van der Waals surface area contributed by atoms with Crippen molar-refractivity contribution in [1.82, 2.24) is 19.9 Å². The fourth-order valence-corrected chi connectivity index (χ4v) is 7.85. The Morgan fingerprint density at radius 3 is 2.79 bits per heavy atom. The van der Waals surface area contributed by atoms with Crippen LogP contribution in [-0.4, -0.2) is 76.6 Å². The van der Waals surface area contributed by atoms with Gasteiger partial charge in [0.25, 0.3) is 0 Å². The maximum atomic E-state index is 16.6. The van der Waals surface area contributed by atoms with Gasteiger partial charge >= 0.3 is 6.01 Å². The highest BCUT2D eigenvalue weighted by atomic mass is 35.5. The number of pyridine rings is 1. The molecule has 2 aromatic heterocycles. The molecule has 4 aromatic rings. The molecule has 0 N–H and O–H groups in total. The summed E-state index contributed by atoms with van der Waals surface area (Å²) in [5, 5.41) is 2.77. The molecule has 0 amide bonds. The SMILES string of the molecule is Fc1c(-c2cc(Cl)cc3ccccc23)ncc2c(N3CCCC4(CCO4)C3)nc(OC[C@@]34CCCN3C[C@H](F)C4)nc12. The fraction of sp³-hybridized carbons (Fsp3) is 0.469. The minimum absolute atomic E-state index is 0.0992. The minimum atomic E-state index is -0.868. The largest absolute Gasteiger partial charge is 0.461 e. The van der Waals surface area contributed by atoms with Crippen LogP contribution in [0, 0.1) is 5.82 Å². The first kappa shape index (κ1) is 26.5. The lowest BCUT2D eigenvalue weighted by Crippen LogP contribution is -2.56. The highest BCUT2D eigenvalue weighted by molar-refractivity contribution is 6.32. The Bertz CT molecular complexity index is 1700. The van der Waals surface area contributed by atoms with Crippen molar-refractivity contribution in [2.75, 3.05) is 44.3 Å². The normalized spacial score (nSPS) is 27.6. The summed E-state index contributed by atoms with van der Waals surface area (Å²) in [6, 6.07) is 11.4. The van der Waals surface area contributed by atoms with Crippen molar-refractivity contribution in [1.29, 1.82) is 0 Å². The van der Waals surface area contributed by atoms with E-state index in [-0.39, 0.29) is 35.0 Å². The quantitative estimate of drug-likeness (QED) is 0.268. The van der Waals surface area contributed by atoms with E-state index in [0.717, 1.165) is 62.6 Å². The van der Waals surface area contributed by atoms with Crippen LogP contribution in [0.1, 0.15) is 38.5 Å². The summed E-state index contributed by atoms with van der Waals surface area (Å²) in [4.78, 5) is 18.4. The van der Waals surface area contributed by atoms with Crippen molar-refractivity contribution in [3.63, 3.8) is 0 Å². The number of anilines is 1. The number of rotatable bonds is 5. The van der Waals surface area contributed by atoms with Gasteiger partial charge in [0.2, 0.25) is 0 Å². The molecule has 1 spiro atoms. The van der Waals surface area contributed by atoms with Crippen molar-refractivity contribution < 1.29 is 18.3 Å². The Balaban J connectivity index is 1.24. The van der Waals surface area contributed by atoms with Crippen LogP contribution in [0.5, 0.6) is 6.01 Å². The van der Waals surface area contributed by atoms with Crippen LogP contribution < -0.4 is 9.64 Å². The summed E-state index contributed by atoms with van der Waals surface area (Å²) in [7, 11) is 0. The molecule has 4 fully saturated rings. The highest BCUT2D eigenvalue weighted by Gasteiger charge is 2.49. The molecule has 8 rings (SSSR count). The number of hydrogen-bond acceptors (Lipinski definition) is 7. The third kappa shape index (κ3) is 4.31. The predicted octanol–water partition coefficient (Wildman–Crippen LogP) is 6.35. The molecule has 4 aliphatic rings. The molecular weight excluding hydrogens is 560 g/mol. The van der Waals surface area contributed by atoms with Gasteiger partial charge in [-0.3, -0.25) is 9.88 Å². The van der Waals surface area contributed by atoms with Crippen LogP contribution in [-0.2, 0) is 4.74 Å². The molecule has 0 aliphatic carbocycles. The third-order valence-corrected chi connectivity index (χ3v) is 9.98. The van der Waals surface area contributed by atoms with Crippen molar-refractivity contribution in [3.05, 3.63) is 53.4 Å². The molecule has 4 aliphatic heterocycles. The molecule has 7 nitrogen and oxygen atoms in total. The molecule has 218 valence electrons. The van der Waals surface area contributed by atoms with Crippen LogP contribution in [0.25, 0.3) is 32.9 Å². The van der Waals surface area contributed by atoms with Gasteiger partial charge in [0.1, 0.15) is 29.8 Å². The van der Waals surface area contributed by atoms with Gasteiger partial charge < -0.3 is 14.4 Å². The lowest BCUT2D eigenvalue weighted by molar-refractivity contribution is -0.151. The molecule has 10 heteroatoms. The number of fused-ring (bicyclic) bond motifs is 3. The van der Waals surface area contributed by atoms with Gasteiger partial charge in [-0.1, -0.05) is 35.9 Å². The summed E-state index contributed by atoms with van der Waals surface area (Å²) >= 11 is 6.45. The number of piperidine rings is 1. The lowest BCUT2D eigenvalue weighted by Gasteiger charge is -2.48. The average Bonchev–Trinajstić information content (AvgIpc) is 3.50.